The van der Waals surface area contributed by atoms with Crippen molar-refractivity contribution in [3.05, 3.63) is 30.3 Å². The summed E-state index contributed by atoms with van der Waals surface area (Å²) in [6.07, 6.45) is 0.714. The lowest BCUT2D eigenvalue weighted by Crippen LogP contribution is -2.34. The van der Waals surface area contributed by atoms with Crippen molar-refractivity contribution in [3.63, 3.8) is 0 Å². The summed E-state index contributed by atoms with van der Waals surface area (Å²) in [5, 5.41) is 5.41. The third kappa shape index (κ3) is 5.15. The summed E-state index contributed by atoms with van der Waals surface area (Å²) in [5.74, 6) is -0.537. The minimum atomic E-state index is -0.294. The summed E-state index contributed by atoms with van der Waals surface area (Å²) in [7, 11) is 0. The molecule has 0 spiro atoms. The van der Waals surface area contributed by atoms with Crippen LogP contribution in [0.1, 0.15) is 26.7 Å². The Morgan fingerprint density at radius 3 is 2.41 bits per heavy atom. The van der Waals surface area contributed by atoms with Crippen LogP contribution in [0.3, 0.4) is 0 Å². The summed E-state index contributed by atoms with van der Waals surface area (Å²) >= 11 is 0. The van der Waals surface area contributed by atoms with E-state index in [1.54, 1.807) is 12.1 Å². The van der Waals surface area contributed by atoms with Gasteiger partial charge in [0.25, 0.3) is 0 Å². The van der Waals surface area contributed by atoms with E-state index < -0.39 is 0 Å². The molecule has 4 nitrogen and oxygen atoms in total. The van der Waals surface area contributed by atoms with Crippen LogP contribution in [0.2, 0.25) is 0 Å². The number of hydrogen-bond donors (Lipinski definition) is 2. The first-order chi connectivity index (χ1) is 8.11. The number of para-hydroxylation sites is 1. The highest BCUT2D eigenvalue weighted by Gasteiger charge is 2.11. The SMILES string of the molecule is CCC(C)NC(=O)CC(=O)Nc1ccccc1. The Balaban J connectivity index is 2.37. The van der Waals surface area contributed by atoms with Crippen LogP contribution in [0.5, 0.6) is 0 Å². The van der Waals surface area contributed by atoms with Crippen LogP contribution in [-0.4, -0.2) is 17.9 Å². The molecule has 0 aliphatic rings. The maximum Gasteiger partial charge on any atom is 0.233 e. The average Bonchev–Trinajstić information content (AvgIpc) is 2.29. The Kier molecular flexibility index (Phi) is 5.20. The van der Waals surface area contributed by atoms with E-state index >= 15 is 0 Å². The van der Waals surface area contributed by atoms with E-state index in [1.165, 1.54) is 0 Å². The molecule has 0 fully saturated rings. The highest BCUT2D eigenvalue weighted by atomic mass is 16.2. The van der Waals surface area contributed by atoms with Gasteiger partial charge in [-0.05, 0) is 25.5 Å². The molecular formula is C13H18N2O2. The molecule has 1 atom stereocenters. The second-order valence-corrected chi connectivity index (χ2v) is 3.97. The van der Waals surface area contributed by atoms with Gasteiger partial charge >= 0.3 is 0 Å². The molecule has 0 radical (unpaired) electrons. The molecule has 0 bridgehead atoms. The first-order valence-electron chi connectivity index (χ1n) is 5.76. The van der Waals surface area contributed by atoms with Gasteiger partial charge in [0.2, 0.25) is 11.8 Å². The Morgan fingerprint density at radius 1 is 1.18 bits per heavy atom. The van der Waals surface area contributed by atoms with Gasteiger partial charge in [-0.15, -0.1) is 0 Å². The van der Waals surface area contributed by atoms with Crippen molar-refractivity contribution in [1.29, 1.82) is 0 Å². The molecule has 0 saturated carbocycles. The van der Waals surface area contributed by atoms with Crippen LogP contribution in [-0.2, 0) is 9.59 Å². The second-order valence-electron chi connectivity index (χ2n) is 3.97. The van der Waals surface area contributed by atoms with Crippen molar-refractivity contribution in [2.24, 2.45) is 0 Å². The van der Waals surface area contributed by atoms with Gasteiger partial charge in [0.05, 0.1) is 0 Å². The monoisotopic (exact) mass is 234 g/mol. The van der Waals surface area contributed by atoms with Crippen molar-refractivity contribution in [2.75, 3.05) is 5.32 Å². The highest BCUT2D eigenvalue weighted by molar-refractivity contribution is 6.03. The fourth-order valence-electron chi connectivity index (χ4n) is 1.30. The Morgan fingerprint density at radius 2 is 1.82 bits per heavy atom. The lowest BCUT2D eigenvalue weighted by molar-refractivity contribution is -0.127. The Bertz CT molecular complexity index is 376. The summed E-state index contributed by atoms with van der Waals surface area (Å²) in [4.78, 5) is 23.0. The number of carbonyl (C=O) groups is 2. The largest absolute Gasteiger partial charge is 0.353 e. The maximum absolute atomic E-state index is 11.5. The molecule has 1 aromatic rings. The number of hydrogen-bond acceptors (Lipinski definition) is 2. The molecule has 2 amide bonds. The first-order valence-corrected chi connectivity index (χ1v) is 5.76. The van der Waals surface area contributed by atoms with E-state index in [9.17, 15) is 9.59 Å². The molecule has 0 heterocycles. The zero-order valence-corrected chi connectivity index (χ0v) is 10.2. The quantitative estimate of drug-likeness (QED) is 0.765. The summed E-state index contributed by atoms with van der Waals surface area (Å²) in [6, 6.07) is 9.19. The minimum absolute atomic E-state index is 0.104. The fraction of sp³-hybridized carbons (Fsp3) is 0.385. The maximum atomic E-state index is 11.5. The summed E-state index contributed by atoms with van der Waals surface area (Å²) in [5.41, 5.74) is 0.703. The smallest absolute Gasteiger partial charge is 0.233 e. The minimum Gasteiger partial charge on any atom is -0.353 e. The van der Waals surface area contributed by atoms with Gasteiger partial charge in [0, 0.05) is 11.7 Å². The molecule has 1 unspecified atom stereocenters. The van der Waals surface area contributed by atoms with E-state index in [0.29, 0.717) is 5.69 Å². The number of rotatable bonds is 5. The van der Waals surface area contributed by atoms with E-state index in [2.05, 4.69) is 10.6 Å². The molecule has 1 rings (SSSR count). The second kappa shape index (κ2) is 6.68. The predicted octanol–water partition coefficient (Wildman–Crippen LogP) is 1.93. The van der Waals surface area contributed by atoms with E-state index in [-0.39, 0.29) is 24.3 Å². The fourth-order valence-corrected chi connectivity index (χ4v) is 1.30. The Labute approximate surface area is 101 Å². The summed E-state index contributed by atoms with van der Waals surface area (Å²) < 4.78 is 0. The predicted molar refractivity (Wildman–Crippen MR) is 67.6 cm³/mol. The van der Waals surface area contributed by atoms with Gasteiger partial charge < -0.3 is 10.6 Å². The number of benzene rings is 1. The number of nitrogens with one attached hydrogen (secondary N) is 2. The van der Waals surface area contributed by atoms with Gasteiger partial charge in [0.1, 0.15) is 6.42 Å². The first kappa shape index (κ1) is 13.2. The lowest BCUT2D eigenvalue weighted by Gasteiger charge is -2.11. The highest BCUT2D eigenvalue weighted by Crippen LogP contribution is 2.05. The van der Waals surface area contributed by atoms with Crippen LogP contribution >= 0.6 is 0 Å². The average molecular weight is 234 g/mol. The lowest BCUT2D eigenvalue weighted by atomic mass is 10.2. The molecule has 0 aromatic heterocycles. The van der Waals surface area contributed by atoms with E-state index in [1.807, 2.05) is 32.0 Å². The molecule has 2 N–H and O–H groups in total. The molecule has 4 heteroatoms. The topological polar surface area (TPSA) is 58.2 Å². The van der Waals surface area contributed by atoms with Crippen molar-refractivity contribution in [1.82, 2.24) is 5.32 Å². The number of amides is 2. The van der Waals surface area contributed by atoms with Crippen LogP contribution < -0.4 is 10.6 Å². The number of anilines is 1. The molecule has 17 heavy (non-hydrogen) atoms. The molecule has 92 valence electrons. The zero-order valence-electron chi connectivity index (χ0n) is 10.2. The molecule has 0 aliphatic heterocycles. The number of carbonyl (C=O) groups excluding carboxylic acids is 2. The van der Waals surface area contributed by atoms with Crippen LogP contribution in [0.4, 0.5) is 5.69 Å². The van der Waals surface area contributed by atoms with Crippen molar-refractivity contribution >= 4 is 17.5 Å². The van der Waals surface area contributed by atoms with Crippen molar-refractivity contribution in [2.45, 2.75) is 32.7 Å². The molecule has 0 aliphatic carbocycles. The van der Waals surface area contributed by atoms with Crippen molar-refractivity contribution in [3.8, 4) is 0 Å². The van der Waals surface area contributed by atoms with E-state index in [0.717, 1.165) is 6.42 Å². The summed E-state index contributed by atoms with van der Waals surface area (Å²) in [6.45, 7) is 3.89. The van der Waals surface area contributed by atoms with E-state index in [4.69, 9.17) is 0 Å². The van der Waals surface area contributed by atoms with Crippen LogP contribution in [0, 0.1) is 0 Å². The Hall–Kier alpha value is -1.84. The third-order valence-corrected chi connectivity index (χ3v) is 2.40. The molecular weight excluding hydrogens is 216 g/mol. The third-order valence-electron chi connectivity index (χ3n) is 2.40. The van der Waals surface area contributed by atoms with Crippen LogP contribution in [0.25, 0.3) is 0 Å². The molecule has 0 saturated heterocycles. The van der Waals surface area contributed by atoms with Gasteiger partial charge in [-0.25, -0.2) is 0 Å². The van der Waals surface area contributed by atoms with Gasteiger partial charge in [-0.2, -0.15) is 0 Å². The van der Waals surface area contributed by atoms with Crippen molar-refractivity contribution < 1.29 is 9.59 Å². The normalized spacial score (nSPS) is 11.6. The zero-order chi connectivity index (χ0) is 12.7. The standard InChI is InChI=1S/C13H18N2O2/c1-3-10(2)14-12(16)9-13(17)15-11-7-5-4-6-8-11/h4-8,10H,3,9H2,1-2H3,(H,14,16)(H,15,17). The molecule has 1 aromatic carbocycles. The van der Waals surface area contributed by atoms with Crippen LogP contribution in [0.15, 0.2) is 30.3 Å². The van der Waals surface area contributed by atoms with Gasteiger partial charge in [-0.1, -0.05) is 25.1 Å². The van der Waals surface area contributed by atoms with Gasteiger partial charge in [-0.3, -0.25) is 9.59 Å². The van der Waals surface area contributed by atoms with Gasteiger partial charge in [0.15, 0.2) is 0 Å².